The lowest BCUT2D eigenvalue weighted by Crippen LogP contribution is -2.30. The third-order valence-electron chi connectivity index (χ3n) is 13.5. The smallest absolute Gasteiger partial charge is 0.463 e. The number of carbonyl (C=O) groups excluding carboxylic acids is 3. The Bertz CT molecular complexity index is 2030. The molecule has 0 saturated heterocycles. The van der Waals surface area contributed by atoms with Gasteiger partial charge in [-0.25, -0.2) is 9.13 Å². The van der Waals surface area contributed by atoms with Gasteiger partial charge in [0, 0.05) is 19.3 Å². The number of unbranched alkanes of at least 4 members (excludes halogenated alkanes) is 21. The molecule has 0 aromatic rings. The summed E-state index contributed by atoms with van der Waals surface area (Å²) in [4.78, 5) is 58.3. The first-order chi connectivity index (χ1) is 42.2. The minimum Gasteiger partial charge on any atom is -0.463 e. The number of rotatable bonds is 62. The van der Waals surface area contributed by atoms with E-state index in [1.807, 2.05) is 0 Å². The van der Waals surface area contributed by atoms with Gasteiger partial charge >= 0.3 is 33.6 Å². The second kappa shape index (κ2) is 62.4. The van der Waals surface area contributed by atoms with Gasteiger partial charge in [-0.05, 0) is 122 Å². The highest BCUT2D eigenvalue weighted by atomic mass is 31.2. The van der Waals surface area contributed by atoms with Crippen molar-refractivity contribution < 1.29 is 75.8 Å². The number of aliphatic hydroxyl groups is 2. The van der Waals surface area contributed by atoms with Gasteiger partial charge in [-0.1, -0.05) is 220 Å². The van der Waals surface area contributed by atoms with Gasteiger partial charge in [0.1, 0.15) is 25.4 Å². The van der Waals surface area contributed by atoms with Crippen LogP contribution in [0.1, 0.15) is 252 Å². The van der Waals surface area contributed by atoms with Crippen molar-refractivity contribution >= 4 is 33.6 Å². The molecule has 0 rings (SSSR count). The zero-order valence-corrected chi connectivity index (χ0v) is 55.7. The van der Waals surface area contributed by atoms with E-state index >= 15 is 0 Å². The number of carbonyl (C=O) groups is 3. The maximum atomic E-state index is 12.9. The molecule has 0 bridgehead atoms. The van der Waals surface area contributed by atoms with Crippen LogP contribution in [0.2, 0.25) is 0 Å². The average Bonchev–Trinajstić information content (AvgIpc) is 3.63. The Kier molecular flexibility index (Phi) is 59.7. The standard InChI is InChI=1S/C69H118O16P2/c1-4-7-10-13-16-19-22-25-27-28-29-30-31-32-33-34-36-39-40-43-46-49-52-55-67(72)79-58-64(70)59-81-86(75,76)82-60-65(71)61-83-87(77,78)84-63-66(85-69(74)57-54-51-48-45-42-37-24-21-18-15-12-9-6-3)62-80-68(73)56-53-50-47-44-41-38-35-26-23-20-17-14-11-8-5-2/h7-8,10-11,16-17,19-21,24-27,29-30,32-33,35,64-66,70-71H,4-6,9,12-15,18,22-23,28,31,34,36-63H2,1-3H3,(H,75,76)(H,77,78)/b10-7-,11-8-,19-16-,20-17-,24-21-,27-25-,30-29-,33-32-,35-26-. The summed E-state index contributed by atoms with van der Waals surface area (Å²) >= 11 is 0. The molecule has 0 radical (unpaired) electrons. The SMILES string of the molecule is CC/C=C\C/C=C\C/C=C\C/C=C\C/C=C\CCCCCCCCCC(=O)OCC(O)COP(=O)(O)OCC(O)COP(=O)(O)OCC(COC(=O)CCCCCCC/C=C\C/C=C\C/C=C\CC)OC(=O)CCCCCCC/C=C\CCCCCC. The fourth-order valence-electron chi connectivity index (χ4n) is 8.43. The Balaban J connectivity index is 4.60. The van der Waals surface area contributed by atoms with Gasteiger partial charge in [0.05, 0.1) is 26.4 Å². The van der Waals surface area contributed by atoms with Crippen molar-refractivity contribution in [2.45, 2.75) is 270 Å². The fraction of sp³-hybridized carbons (Fsp3) is 0.696. The monoisotopic (exact) mass is 1260 g/mol. The highest BCUT2D eigenvalue weighted by molar-refractivity contribution is 7.47. The quantitative estimate of drug-likeness (QED) is 0.0146. The molecule has 0 aliphatic carbocycles. The van der Waals surface area contributed by atoms with Crippen molar-refractivity contribution in [2.24, 2.45) is 0 Å². The number of hydrogen-bond acceptors (Lipinski definition) is 14. The molecule has 0 aromatic heterocycles. The highest BCUT2D eigenvalue weighted by Gasteiger charge is 2.29. The number of hydrogen-bond donors (Lipinski definition) is 4. The van der Waals surface area contributed by atoms with Gasteiger partial charge in [-0.2, -0.15) is 0 Å². The van der Waals surface area contributed by atoms with Crippen molar-refractivity contribution in [3.05, 3.63) is 109 Å². The minimum absolute atomic E-state index is 0.0891. The van der Waals surface area contributed by atoms with E-state index in [1.165, 1.54) is 25.7 Å². The first kappa shape index (κ1) is 83.2. The van der Waals surface area contributed by atoms with Gasteiger partial charge in [-0.15, -0.1) is 0 Å². The molecular weight excluding hydrogens is 1150 g/mol. The van der Waals surface area contributed by atoms with Crippen molar-refractivity contribution in [2.75, 3.05) is 39.6 Å². The van der Waals surface area contributed by atoms with Crippen molar-refractivity contribution in [3.8, 4) is 0 Å². The molecule has 87 heavy (non-hydrogen) atoms. The lowest BCUT2D eigenvalue weighted by atomic mass is 10.1. The van der Waals surface area contributed by atoms with Gasteiger partial charge in [0.15, 0.2) is 6.10 Å². The van der Waals surface area contributed by atoms with E-state index < -0.39 is 91.5 Å². The predicted molar refractivity (Wildman–Crippen MR) is 353 cm³/mol. The van der Waals surface area contributed by atoms with Crippen LogP contribution >= 0.6 is 15.6 Å². The largest absolute Gasteiger partial charge is 0.472 e. The maximum absolute atomic E-state index is 12.9. The second-order valence-corrected chi connectivity index (χ2v) is 24.8. The summed E-state index contributed by atoms with van der Waals surface area (Å²) in [5, 5.41) is 20.5. The maximum Gasteiger partial charge on any atom is 0.472 e. The molecule has 0 aliphatic heterocycles. The van der Waals surface area contributed by atoms with E-state index in [1.54, 1.807) is 0 Å². The Morgan fingerprint density at radius 2 is 0.609 bits per heavy atom. The molecule has 500 valence electrons. The van der Waals surface area contributed by atoms with E-state index in [0.717, 1.165) is 167 Å². The van der Waals surface area contributed by atoms with E-state index in [9.17, 15) is 43.5 Å². The molecule has 5 atom stereocenters. The van der Waals surface area contributed by atoms with E-state index in [0.29, 0.717) is 19.3 Å². The van der Waals surface area contributed by atoms with Crippen LogP contribution in [0.4, 0.5) is 0 Å². The van der Waals surface area contributed by atoms with Crippen LogP contribution < -0.4 is 0 Å². The number of aliphatic hydroxyl groups excluding tert-OH is 2. The molecule has 0 heterocycles. The van der Waals surface area contributed by atoms with Crippen LogP contribution in [0.5, 0.6) is 0 Å². The van der Waals surface area contributed by atoms with Crippen molar-refractivity contribution in [1.29, 1.82) is 0 Å². The Hall–Kier alpha value is -3.79. The summed E-state index contributed by atoms with van der Waals surface area (Å²) in [5.41, 5.74) is 0. The lowest BCUT2D eigenvalue weighted by Gasteiger charge is -2.21. The first-order valence-corrected chi connectivity index (χ1v) is 36.2. The number of ether oxygens (including phenoxy) is 3. The predicted octanol–water partition coefficient (Wildman–Crippen LogP) is 18.1. The lowest BCUT2D eigenvalue weighted by molar-refractivity contribution is -0.161. The number of phosphoric acid groups is 2. The first-order valence-electron chi connectivity index (χ1n) is 33.2. The third kappa shape index (κ3) is 63.6. The van der Waals surface area contributed by atoms with Crippen LogP contribution in [0.25, 0.3) is 0 Å². The summed E-state index contributed by atoms with van der Waals surface area (Å²) in [5.74, 6) is -1.62. The van der Waals surface area contributed by atoms with Gasteiger partial charge in [-0.3, -0.25) is 32.5 Å². The van der Waals surface area contributed by atoms with E-state index in [2.05, 4.69) is 130 Å². The van der Waals surface area contributed by atoms with Crippen LogP contribution in [-0.2, 0) is 55.8 Å². The molecule has 0 spiro atoms. The van der Waals surface area contributed by atoms with Gasteiger partial charge in [0.2, 0.25) is 0 Å². The molecule has 4 N–H and O–H groups in total. The summed E-state index contributed by atoms with van der Waals surface area (Å²) < 4.78 is 60.8. The molecule has 0 saturated carbocycles. The van der Waals surface area contributed by atoms with Crippen LogP contribution in [0.3, 0.4) is 0 Å². The van der Waals surface area contributed by atoms with Gasteiger partial charge in [0.25, 0.3) is 0 Å². The number of phosphoric ester groups is 2. The average molecular weight is 1270 g/mol. The number of allylic oxidation sites excluding steroid dienone is 18. The van der Waals surface area contributed by atoms with Crippen LogP contribution in [-0.4, -0.2) is 95.9 Å². The van der Waals surface area contributed by atoms with Gasteiger partial charge < -0.3 is 34.2 Å². The van der Waals surface area contributed by atoms with E-state index in [-0.39, 0.29) is 19.3 Å². The Labute approximate surface area is 526 Å². The molecule has 0 amide bonds. The molecule has 16 nitrogen and oxygen atoms in total. The molecule has 5 unspecified atom stereocenters. The molecule has 0 aromatic carbocycles. The topological polar surface area (TPSA) is 231 Å². The van der Waals surface area contributed by atoms with Crippen LogP contribution in [0, 0.1) is 0 Å². The van der Waals surface area contributed by atoms with Crippen LogP contribution in [0.15, 0.2) is 109 Å². The zero-order chi connectivity index (χ0) is 63.8. The molecular formula is C69H118O16P2. The Morgan fingerprint density at radius 1 is 0.333 bits per heavy atom. The minimum atomic E-state index is -4.93. The molecule has 0 aliphatic rings. The fourth-order valence-corrected chi connectivity index (χ4v) is 10.0. The van der Waals surface area contributed by atoms with Crippen molar-refractivity contribution in [3.63, 3.8) is 0 Å². The highest BCUT2D eigenvalue weighted by Crippen LogP contribution is 2.45. The Morgan fingerprint density at radius 3 is 0.977 bits per heavy atom. The summed E-state index contributed by atoms with van der Waals surface area (Å²) in [7, 11) is -9.78. The number of esters is 3. The summed E-state index contributed by atoms with van der Waals surface area (Å²) in [6, 6.07) is 0. The normalized spacial score (nSPS) is 15.0. The molecule has 0 fully saturated rings. The molecule has 18 heteroatoms. The summed E-state index contributed by atoms with van der Waals surface area (Å²) in [6.45, 7) is 2.37. The van der Waals surface area contributed by atoms with E-state index in [4.69, 9.17) is 32.3 Å². The zero-order valence-electron chi connectivity index (χ0n) is 53.9. The summed E-state index contributed by atoms with van der Waals surface area (Å²) in [6.07, 6.45) is 68.6. The second-order valence-electron chi connectivity index (χ2n) is 21.9. The third-order valence-corrected chi connectivity index (χ3v) is 15.4. The van der Waals surface area contributed by atoms with Crippen molar-refractivity contribution in [1.82, 2.24) is 0 Å².